The molecule has 0 bridgehead atoms. The smallest absolute Gasteiger partial charge is 0.230 e. The Labute approximate surface area is 189 Å². The highest BCUT2D eigenvalue weighted by Gasteiger charge is 2.30. The molecule has 32 heavy (non-hydrogen) atoms. The number of aliphatic hydroxyl groups is 1. The number of aromatic nitrogens is 3. The van der Waals surface area contributed by atoms with Crippen LogP contribution in [0.15, 0.2) is 24.3 Å². The topological polar surface area (TPSA) is 85.0 Å². The summed E-state index contributed by atoms with van der Waals surface area (Å²) in [5, 5.41) is 18.8. The zero-order valence-electron chi connectivity index (χ0n) is 19.4. The van der Waals surface area contributed by atoms with Gasteiger partial charge < -0.3 is 15.0 Å². The number of amides is 1. The van der Waals surface area contributed by atoms with Gasteiger partial charge in [-0.1, -0.05) is 19.9 Å². The quantitative estimate of drug-likeness (QED) is 0.542. The number of fused-ring (bicyclic) bond motifs is 2. The summed E-state index contributed by atoms with van der Waals surface area (Å²) in [5.41, 5.74) is 6.92. The van der Waals surface area contributed by atoms with Crippen LogP contribution >= 0.6 is 0 Å². The Kier molecular flexibility index (Phi) is 5.36. The molecule has 3 N–H and O–H groups in total. The first-order chi connectivity index (χ1) is 15.3. The molecule has 0 radical (unpaired) electrons. The van der Waals surface area contributed by atoms with Gasteiger partial charge in [0.25, 0.3) is 0 Å². The Hall–Kier alpha value is -2.60. The molecule has 1 aromatic carbocycles. The summed E-state index contributed by atoms with van der Waals surface area (Å²) in [4.78, 5) is 18.6. The SMILES string of the molecule is CCN(C(=O)C1CCC(O)CC1)c1ccc2cc(-c3n[nH]c4c3CCC(C)(C)C4)[nH]c2c1. The number of anilines is 1. The number of hydrogen-bond donors (Lipinski definition) is 3. The molecule has 2 heterocycles. The normalized spacial score (nSPS) is 22.6. The van der Waals surface area contributed by atoms with Crippen LogP contribution in [0, 0.1) is 11.3 Å². The van der Waals surface area contributed by atoms with Crippen LogP contribution in [0.25, 0.3) is 22.3 Å². The van der Waals surface area contributed by atoms with Crippen LogP contribution in [0.5, 0.6) is 0 Å². The van der Waals surface area contributed by atoms with E-state index < -0.39 is 0 Å². The molecule has 3 aromatic rings. The van der Waals surface area contributed by atoms with Gasteiger partial charge in [-0.2, -0.15) is 5.10 Å². The zero-order chi connectivity index (χ0) is 22.5. The van der Waals surface area contributed by atoms with Gasteiger partial charge in [0.1, 0.15) is 5.69 Å². The lowest BCUT2D eigenvalue weighted by Gasteiger charge is -2.30. The van der Waals surface area contributed by atoms with Gasteiger partial charge in [0.15, 0.2) is 0 Å². The Morgan fingerprint density at radius 3 is 2.75 bits per heavy atom. The highest BCUT2D eigenvalue weighted by molar-refractivity contribution is 5.98. The third-order valence-electron chi connectivity index (χ3n) is 7.46. The molecule has 6 nitrogen and oxygen atoms in total. The Morgan fingerprint density at radius 1 is 1.22 bits per heavy atom. The van der Waals surface area contributed by atoms with E-state index in [1.165, 1.54) is 17.7 Å². The van der Waals surface area contributed by atoms with Gasteiger partial charge in [-0.15, -0.1) is 0 Å². The van der Waals surface area contributed by atoms with E-state index in [1.807, 2.05) is 17.9 Å². The minimum absolute atomic E-state index is 0.00748. The van der Waals surface area contributed by atoms with E-state index in [1.54, 1.807) is 0 Å². The number of rotatable bonds is 4. The fourth-order valence-electron chi connectivity index (χ4n) is 5.49. The van der Waals surface area contributed by atoms with Crippen molar-refractivity contribution in [1.82, 2.24) is 15.2 Å². The molecule has 5 rings (SSSR count). The van der Waals surface area contributed by atoms with Crippen molar-refractivity contribution in [1.29, 1.82) is 0 Å². The van der Waals surface area contributed by atoms with Crippen LogP contribution in [-0.2, 0) is 17.6 Å². The maximum absolute atomic E-state index is 13.2. The molecular formula is C26H34N4O2. The molecule has 2 aliphatic carbocycles. The largest absolute Gasteiger partial charge is 0.393 e. The molecule has 0 atom stereocenters. The van der Waals surface area contributed by atoms with Crippen LogP contribution in [0.4, 0.5) is 5.69 Å². The third-order valence-corrected chi connectivity index (χ3v) is 7.46. The summed E-state index contributed by atoms with van der Waals surface area (Å²) < 4.78 is 0. The number of nitrogens with zero attached hydrogens (tertiary/aromatic N) is 2. The van der Waals surface area contributed by atoms with E-state index in [9.17, 15) is 9.90 Å². The van der Waals surface area contributed by atoms with Gasteiger partial charge in [0.2, 0.25) is 5.91 Å². The van der Waals surface area contributed by atoms with E-state index in [4.69, 9.17) is 0 Å². The van der Waals surface area contributed by atoms with Gasteiger partial charge in [-0.25, -0.2) is 0 Å². The molecule has 0 saturated heterocycles. The number of carbonyl (C=O) groups excluding carboxylic acids is 1. The van der Waals surface area contributed by atoms with Crippen LogP contribution in [0.3, 0.4) is 0 Å². The second-order valence-electron chi connectivity index (χ2n) is 10.4. The highest BCUT2D eigenvalue weighted by Crippen LogP contribution is 2.38. The monoisotopic (exact) mass is 434 g/mol. The van der Waals surface area contributed by atoms with Crippen molar-refractivity contribution >= 4 is 22.5 Å². The average Bonchev–Trinajstić information content (AvgIpc) is 3.36. The predicted octanol–water partition coefficient (Wildman–Crippen LogP) is 4.98. The van der Waals surface area contributed by atoms with Crippen molar-refractivity contribution < 1.29 is 9.90 Å². The number of H-pyrrole nitrogens is 2. The minimum atomic E-state index is -0.248. The van der Waals surface area contributed by atoms with E-state index in [2.05, 4.69) is 47.2 Å². The standard InChI is InChI=1S/C26H34N4O2/c1-4-30(25(32)16-6-9-19(31)10-7-16)18-8-5-17-13-22(27-21(17)14-18)24-20-11-12-26(2,3)15-23(20)28-29-24/h5,8,13-14,16,19,27,31H,4,6-7,9-12,15H2,1-3H3,(H,28,29). The maximum atomic E-state index is 13.2. The molecule has 2 aromatic heterocycles. The first-order valence-corrected chi connectivity index (χ1v) is 12.0. The Bertz CT molecular complexity index is 1130. The zero-order valence-corrected chi connectivity index (χ0v) is 19.4. The van der Waals surface area contributed by atoms with Crippen LogP contribution in [0.2, 0.25) is 0 Å². The van der Waals surface area contributed by atoms with Gasteiger partial charge in [0.05, 0.1) is 11.8 Å². The summed E-state index contributed by atoms with van der Waals surface area (Å²) in [6, 6.07) is 8.38. The van der Waals surface area contributed by atoms with E-state index >= 15 is 0 Å². The van der Waals surface area contributed by atoms with Crippen molar-refractivity contribution in [3.05, 3.63) is 35.5 Å². The van der Waals surface area contributed by atoms with Crippen LogP contribution in [0.1, 0.15) is 64.1 Å². The molecule has 1 fully saturated rings. The van der Waals surface area contributed by atoms with Gasteiger partial charge >= 0.3 is 0 Å². The second-order valence-corrected chi connectivity index (χ2v) is 10.4. The number of benzene rings is 1. The van der Waals surface area contributed by atoms with Crippen molar-refractivity contribution in [2.24, 2.45) is 11.3 Å². The first-order valence-electron chi connectivity index (χ1n) is 12.0. The number of aliphatic hydroxyl groups excluding tert-OH is 1. The fourth-order valence-corrected chi connectivity index (χ4v) is 5.49. The van der Waals surface area contributed by atoms with Crippen molar-refractivity contribution in [2.45, 2.75) is 71.8 Å². The lowest BCUT2D eigenvalue weighted by atomic mass is 9.76. The van der Waals surface area contributed by atoms with Crippen LogP contribution < -0.4 is 4.90 Å². The number of carbonyl (C=O) groups is 1. The summed E-state index contributed by atoms with van der Waals surface area (Å²) in [5.74, 6) is 0.183. The molecule has 0 unspecified atom stereocenters. The van der Waals surface area contributed by atoms with Crippen LogP contribution in [-0.4, -0.2) is 38.8 Å². The summed E-state index contributed by atoms with van der Waals surface area (Å²) in [6.45, 7) is 7.30. The van der Waals surface area contributed by atoms with Crippen molar-refractivity contribution in [2.75, 3.05) is 11.4 Å². The van der Waals surface area contributed by atoms with Crippen molar-refractivity contribution in [3.8, 4) is 11.4 Å². The lowest BCUT2D eigenvalue weighted by Crippen LogP contribution is -2.38. The molecular weight excluding hydrogens is 400 g/mol. The molecule has 6 heteroatoms. The second kappa shape index (κ2) is 8.07. The Balaban J connectivity index is 1.42. The molecule has 0 spiro atoms. The predicted molar refractivity (Wildman–Crippen MR) is 128 cm³/mol. The highest BCUT2D eigenvalue weighted by atomic mass is 16.3. The average molecular weight is 435 g/mol. The molecule has 1 saturated carbocycles. The lowest BCUT2D eigenvalue weighted by molar-refractivity contribution is -0.123. The van der Waals surface area contributed by atoms with E-state index in [0.29, 0.717) is 12.0 Å². The minimum Gasteiger partial charge on any atom is -0.393 e. The molecule has 170 valence electrons. The molecule has 0 aliphatic heterocycles. The van der Waals surface area contributed by atoms with Crippen molar-refractivity contribution in [3.63, 3.8) is 0 Å². The summed E-state index contributed by atoms with van der Waals surface area (Å²) in [6.07, 6.45) is 5.98. The number of hydrogen-bond acceptors (Lipinski definition) is 3. The fraction of sp³-hybridized carbons (Fsp3) is 0.538. The van der Waals surface area contributed by atoms with Gasteiger partial charge in [-0.3, -0.25) is 9.89 Å². The summed E-state index contributed by atoms with van der Waals surface area (Å²) >= 11 is 0. The number of nitrogens with one attached hydrogen (secondary N) is 2. The molecule has 2 aliphatic rings. The third kappa shape index (κ3) is 3.85. The van der Waals surface area contributed by atoms with Gasteiger partial charge in [0, 0.05) is 40.3 Å². The first kappa shape index (κ1) is 21.3. The summed E-state index contributed by atoms with van der Waals surface area (Å²) in [7, 11) is 0. The van der Waals surface area contributed by atoms with E-state index in [0.717, 1.165) is 66.5 Å². The van der Waals surface area contributed by atoms with Gasteiger partial charge in [-0.05, 0) is 75.5 Å². The number of aromatic amines is 2. The maximum Gasteiger partial charge on any atom is 0.230 e. The molecule has 1 amide bonds. The Morgan fingerprint density at radius 2 is 2.00 bits per heavy atom. The van der Waals surface area contributed by atoms with E-state index in [-0.39, 0.29) is 17.9 Å².